The Kier molecular flexibility index (Phi) is 4.34. The third kappa shape index (κ3) is 3.43. The minimum absolute atomic E-state index is 0.0899. The Morgan fingerprint density at radius 3 is 2.57 bits per heavy atom. The molecule has 3 N–H and O–H groups in total. The van der Waals surface area contributed by atoms with Gasteiger partial charge >= 0.3 is 6.18 Å². The Morgan fingerprint density at radius 1 is 1.29 bits per heavy atom. The number of nitrogens with zero attached hydrogens (tertiary/aromatic N) is 1. The Hall–Kier alpha value is -1.86. The Morgan fingerprint density at radius 2 is 2.00 bits per heavy atom. The van der Waals surface area contributed by atoms with E-state index in [2.05, 4.69) is 10.3 Å². The normalized spacial score (nSPS) is 11.5. The van der Waals surface area contributed by atoms with Gasteiger partial charge in [-0.1, -0.05) is 17.7 Å². The van der Waals surface area contributed by atoms with Crippen LogP contribution in [0, 0.1) is 5.82 Å². The summed E-state index contributed by atoms with van der Waals surface area (Å²) < 4.78 is 52.3. The minimum Gasteiger partial charge on any atom is -0.351 e. The van der Waals surface area contributed by atoms with E-state index < -0.39 is 23.2 Å². The van der Waals surface area contributed by atoms with Crippen molar-refractivity contribution in [2.75, 3.05) is 5.32 Å². The second-order valence-corrected chi connectivity index (χ2v) is 4.55. The molecule has 1 heterocycles. The van der Waals surface area contributed by atoms with Crippen LogP contribution in [0.25, 0.3) is 0 Å². The van der Waals surface area contributed by atoms with Gasteiger partial charge in [0.1, 0.15) is 5.82 Å². The van der Waals surface area contributed by atoms with Gasteiger partial charge in [0.15, 0.2) is 0 Å². The molecule has 2 aromatic rings. The largest absolute Gasteiger partial charge is 0.418 e. The van der Waals surface area contributed by atoms with Gasteiger partial charge in [-0.2, -0.15) is 13.2 Å². The fraction of sp³-hybridized carbons (Fsp3) is 0.154. The molecule has 8 heteroatoms. The summed E-state index contributed by atoms with van der Waals surface area (Å²) in [6.45, 7) is 0.0899. The van der Waals surface area contributed by atoms with Crippen molar-refractivity contribution in [1.82, 2.24) is 4.98 Å². The highest BCUT2D eigenvalue weighted by atomic mass is 35.5. The molecule has 0 aliphatic carbocycles. The highest BCUT2D eigenvalue weighted by molar-refractivity contribution is 6.31. The summed E-state index contributed by atoms with van der Waals surface area (Å²) in [5, 5.41) is 2.54. The van der Waals surface area contributed by atoms with Crippen molar-refractivity contribution in [3.8, 4) is 0 Å². The van der Waals surface area contributed by atoms with Crippen LogP contribution < -0.4 is 11.1 Å². The summed E-state index contributed by atoms with van der Waals surface area (Å²) in [6.07, 6.45) is -3.44. The Balaban J connectivity index is 2.42. The van der Waals surface area contributed by atoms with Crippen LogP contribution >= 0.6 is 11.6 Å². The van der Waals surface area contributed by atoms with Gasteiger partial charge in [-0.25, -0.2) is 4.39 Å². The van der Waals surface area contributed by atoms with E-state index in [1.807, 2.05) is 0 Å². The van der Waals surface area contributed by atoms with E-state index >= 15 is 0 Å². The number of aromatic nitrogens is 1. The number of rotatable bonds is 3. The summed E-state index contributed by atoms with van der Waals surface area (Å²) in [5.74, 6) is -1.02. The monoisotopic (exact) mass is 319 g/mol. The summed E-state index contributed by atoms with van der Waals surface area (Å²) in [7, 11) is 0. The Bertz CT molecular complexity index is 658. The molecule has 0 bridgehead atoms. The van der Waals surface area contributed by atoms with Crippen molar-refractivity contribution in [1.29, 1.82) is 0 Å². The molecule has 0 saturated carbocycles. The van der Waals surface area contributed by atoms with Gasteiger partial charge in [0.25, 0.3) is 0 Å². The molecular weight excluding hydrogens is 310 g/mol. The fourth-order valence-corrected chi connectivity index (χ4v) is 1.96. The summed E-state index contributed by atoms with van der Waals surface area (Å²) in [4.78, 5) is 3.89. The van der Waals surface area contributed by atoms with Crippen LogP contribution in [0.3, 0.4) is 0 Å². The predicted molar refractivity (Wildman–Crippen MR) is 71.8 cm³/mol. The highest BCUT2D eigenvalue weighted by Gasteiger charge is 2.34. The molecule has 3 nitrogen and oxygen atoms in total. The molecule has 21 heavy (non-hydrogen) atoms. The number of pyridine rings is 1. The smallest absolute Gasteiger partial charge is 0.351 e. The van der Waals surface area contributed by atoms with Gasteiger partial charge in [-0.3, -0.25) is 4.98 Å². The number of halogens is 5. The van der Waals surface area contributed by atoms with Crippen molar-refractivity contribution in [3.05, 3.63) is 52.6 Å². The standard InChI is InChI=1S/C13H10ClF4N3/c14-9-4-7(6-20-11(9)5-19)21-12-8(13(16,17)18)2-1-3-10(12)15/h1-4,6,21H,5,19H2. The maximum atomic E-state index is 13.7. The molecule has 1 aromatic carbocycles. The van der Waals surface area contributed by atoms with Crippen LogP contribution in [0.15, 0.2) is 30.5 Å². The van der Waals surface area contributed by atoms with Crippen LogP contribution in [0.2, 0.25) is 5.02 Å². The topological polar surface area (TPSA) is 50.9 Å². The Labute approximate surface area is 122 Å². The van der Waals surface area contributed by atoms with E-state index in [4.69, 9.17) is 17.3 Å². The van der Waals surface area contributed by atoms with Crippen molar-refractivity contribution >= 4 is 23.0 Å². The molecule has 0 unspecified atom stereocenters. The number of para-hydroxylation sites is 1. The lowest BCUT2D eigenvalue weighted by atomic mass is 10.1. The molecule has 1 aromatic heterocycles. The van der Waals surface area contributed by atoms with Crippen molar-refractivity contribution in [3.63, 3.8) is 0 Å². The first-order chi connectivity index (χ1) is 9.82. The van der Waals surface area contributed by atoms with Gasteiger partial charge in [0.2, 0.25) is 0 Å². The van der Waals surface area contributed by atoms with Crippen molar-refractivity contribution in [2.24, 2.45) is 5.73 Å². The predicted octanol–water partition coefficient (Wildman–Crippen LogP) is 4.10. The SMILES string of the molecule is NCc1ncc(Nc2c(F)cccc2C(F)(F)F)cc1Cl. The molecule has 112 valence electrons. The van der Waals surface area contributed by atoms with Gasteiger partial charge in [-0.05, 0) is 18.2 Å². The molecule has 0 radical (unpaired) electrons. The molecular formula is C13H10ClF4N3. The second kappa shape index (κ2) is 5.87. The van der Waals surface area contributed by atoms with Gasteiger partial charge in [0.05, 0.1) is 33.9 Å². The maximum absolute atomic E-state index is 13.7. The average Bonchev–Trinajstić information content (AvgIpc) is 2.40. The molecule has 0 amide bonds. The van der Waals surface area contributed by atoms with Crippen LogP contribution in [0.5, 0.6) is 0 Å². The molecule has 2 rings (SSSR count). The van der Waals surface area contributed by atoms with Crippen LogP contribution in [-0.2, 0) is 12.7 Å². The quantitative estimate of drug-likeness (QED) is 0.838. The maximum Gasteiger partial charge on any atom is 0.418 e. The highest BCUT2D eigenvalue weighted by Crippen LogP contribution is 2.37. The summed E-state index contributed by atoms with van der Waals surface area (Å²) in [5.41, 5.74) is 4.12. The molecule has 0 aliphatic rings. The first-order valence-electron chi connectivity index (χ1n) is 5.80. The lowest BCUT2D eigenvalue weighted by molar-refractivity contribution is -0.137. The van der Waals surface area contributed by atoms with Crippen molar-refractivity contribution in [2.45, 2.75) is 12.7 Å². The van der Waals surface area contributed by atoms with E-state index in [1.165, 1.54) is 12.3 Å². The number of nitrogens with two attached hydrogens (primary N) is 1. The molecule has 0 fully saturated rings. The summed E-state index contributed by atoms with van der Waals surface area (Å²) >= 11 is 5.87. The number of hydrogen-bond acceptors (Lipinski definition) is 3. The second-order valence-electron chi connectivity index (χ2n) is 4.14. The van der Waals surface area contributed by atoms with Gasteiger partial charge < -0.3 is 11.1 Å². The van der Waals surface area contributed by atoms with E-state index in [0.717, 1.165) is 18.2 Å². The van der Waals surface area contributed by atoms with Gasteiger partial charge in [0, 0.05) is 6.54 Å². The number of nitrogens with one attached hydrogen (secondary N) is 1. The summed E-state index contributed by atoms with van der Waals surface area (Å²) in [6, 6.07) is 4.05. The first kappa shape index (κ1) is 15.5. The van der Waals surface area contributed by atoms with Crippen molar-refractivity contribution < 1.29 is 17.6 Å². The van der Waals surface area contributed by atoms with E-state index in [0.29, 0.717) is 5.69 Å². The molecule has 0 aliphatic heterocycles. The van der Waals surface area contributed by atoms with E-state index in [9.17, 15) is 17.6 Å². The first-order valence-corrected chi connectivity index (χ1v) is 6.18. The van der Waals surface area contributed by atoms with Gasteiger partial charge in [-0.15, -0.1) is 0 Å². The zero-order chi connectivity index (χ0) is 15.6. The number of alkyl halides is 3. The van der Waals surface area contributed by atoms with E-state index in [1.54, 1.807) is 0 Å². The lowest BCUT2D eigenvalue weighted by Gasteiger charge is -2.15. The number of hydrogen-bond donors (Lipinski definition) is 2. The van der Waals surface area contributed by atoms with Crippen LogP contribution in [0.4, 0.5) is 28.9 Å². The zero-order valence-electron chi connectivity index (χ0n) is 10.5. The molecule has 0 atom stereocenters. The zero-order valence-corrected chi connectivity index (χ0v) is 11.3. The third-order valence-electron chi connectivity index (χ3n) is 2.70. The van der Waals surface area contributed by atoms with Crippen LogP contribution in [0.1, 0.15) is 11.3 Å². The van der Waals surface area contributed by atoms with Crippen LogP contribution in [-0.4, -0.2) is 4.98 Å². The number of benzene rings is 1. The average molecular weight is 320 g/mol. The number of anilines is 2. The molecule has 0 saturated heterocycles. The lowest BCUT2D eigenvalue weighted by Crippen LogP contribution is -2.10. The van der Waals surface area contributed by atoms with E-state index in [-0.39, 0.29) is 17.3 Å². The minimum atomic E-state index is -4.68. The fourth-order valence-electron chi connectivity index (χ4n) is 1.72. The molecule has 0 spiro atoms. The third-order valence-corrected chi connectivity index (χ3v) is 3.03.